The van der Waals surface area contributed by atoms with Crippen LogP contribution in [0, 0.1) is 13.8 Å². The maximum atomic E-state index is 8.58. The zero-order valence-corrected chi connectivity index (χ0v) is 20.0. The van der Waals surface area contributed by atoms with Crippen LogP contribution in [0.5, 0.6) is 5.75 Å². The third-order valence-electron chi connectivity index (χ3n) is 6.78. The summed E-state index contributed by atoms with van der Waals surface area (Å²) >= 11 is 0. The van der Waals surface area contributed by atoms with Gasteiger partial charge >= 0.3 is 0 Å². The van der Waals surface area contributed by atoms with Crippen molar-refractivity contribution in [3.05, 3.63) is 124 Å². The van der Waals surface area contributed by atoms with Crippen molar-refractivity contribution < 1.29 is 4.84 Å². The molecule has 0 radical (unpaired) electrons. The fraction of sp³-hybridized carbons (Fsp3) is 0.267. The standard InChI is InChI=1S/C30H31N3O/c1-4-5-6-7-8-9-10-19-30(24-13-15-25(16-14-24)34-33-32-31)28-20-22(2)11-17-26(28)27-18-12-23(3)21-29(27)30/h4-6,11-18,20-21H,1,7-10,19H2,2-3H3/b6-5-. The Hall–Kier alpha value is -3.75. The number of benzene rings is 3. The van der Waals surface area contributed by atoms with Crippen LogP contribution in [0.1, 0.15) is 59.9 Å². The van der Waals surface area contributed by atoms with Crippen LogP contribution >= 0.6 is 0 Å². The molecule has 0 aliphatic heterocycles. The first-order chi connectivity index (χ1) is 16.6. The second-order valence-corrected chi connectivity index (χ2v) is 9.05. The van der Waals surface area contributed by atoms with E-state index < -0.39 is 0 Å². The van der Waals surface area contributed by atoms with Crippen LogP contribution in [-0.2, 0) is 5.41 Å². The van der Waals surface area contributed by atoms with Gasteiger partial charge in [-0.15, -0.1) is 0 Å². The van der Waals surface area contributed by atoms with Crippen molar-refractivity contribution in [2.45, 2.75) is 51.4 Å². The molecule has 0 saturated heterocycles. The van der Waals surface area contributed by atoms with Crippen LogP contribution in [0.3, 0.4) is 0 Å². The van der Waals surface area contributed by atoms with E-state index in [1.807, 2.05) is 24.3 Å². The van der Waals surface area contributed by atoms with E-state index in [0.717, 1.165) is 19.3 Å². The molecule has 1 aliphatic carbocycles. The lowest BCUT2D eigenvalue weighted by Crippen LogP contribution is -2.27. The smallest absolute Gasteiger partial charge is 0.136 e. The molecule has 0 N–H and O–H groups in total. The SMILES string of the molecule is C=C/C=C\CCCCCC1(c2ccc(ON=[N+]=[N-])cc2)c2cc(C)ccc2-c2ccc(C)cc21. The number of allylic oxidation sites excluding steroid dienone is 3. The average Bonchev–Trinajstić information content (AvgIpc) is 3.11. The number of azide groups is 1. The lowest BCUT2D eigenvalue weighted by molar-refractivity contribution is 0.332. The van der Waals surface area contributed by atoms with Crippen LogP contribution < -0.4 is 4.84 Å². The van der Waals surface area contributed by atoms with Gasteiger partial charge in [-0.3, -0.25) is 0 Å². The Balaban J connectivity index is 1.79. The molecule has 172 valence electrons. The van der Waals surface area contributed by atoms with Crippen LogP contribution in [0.15, 0.2) is 90.7 Å². The molecule has 0 aromatic heterocycles. The van der Waals surface area contributed by atoms with Gasteiger partial charge < -0.3 is 4.84 Å². The number of aryl methyl sites for hydroxylation is 2. The number of nitrogens with zero attached hydrogens (tertiary/aromatic N) is 3. The van der Waals surface area contributed by atoms with E-state index in [9.17, 15) is 0 Å². The monoisotopic (exact) mass is 449 g/mol. The molecule has 0 saturated carbocycles. The summed E-state index contributed by atoms with van der Waals surface area (Å²) < 4.78 is 0. The number of fused-ring (bicyclic) bond motifs is 3. The molecule has 4 rings (SSSR count). The van der Waals surface area contributed by atoms with Gasteiger partial charge in [0.25, 0.3) is 0 Å². The maximum absolute atomic E-state index is 8.58. The third-order valence-corrected chi connectivity index (χ3v) is 6.78. The highest BCUT2D eigenvalue weighted by Gasteiger charge is 2.44. The van der Waals surface area contributed by atoms with E-state index in [1.54, 1.807) is 0 Å². The summed E-state index contributed by atoms with van der Waals surface area (Å²) in [5.41, 5.74) is 17.5. The van der Waals surface area contributed by atoms with Gasteiger partial charge in [-0.1, -0.05) is 97.3 Å². The fourth-order valence-electron chi connectivity index (χ4n) is 5.25. The Labute approximate surface area is 202 Å². The molecule has 4 heteroatoms. The molecule has 0 unspecified atom stereocenters. The number of unbranched alkanes of at least 4 members (excludes halogenated alkanes) is 3. The molecule has 0 atom stereocenters. The summed E-state index contributed by atoms with van der Waals surface area (Å²) in [5, 5.41) is 3.24. The van der Waals surface area contributed by atoms with Gasteiger partial charge in [0.15, 0.2) is 0 Å². The fourth-order valence-corrected chi connectivity index (χ4v) is 5.25. The highest BCUT2D eigenvalue weighted by Crippen LogP contribution is 2.55. The number of hydrogen-bond donors (Lipinski definition) is 0. The zero-order valence-electron chi connectivity index (χ0n) is 20.0. The van der Waals surface area contributed by atoms with Crippen molar-refractivity contribution in [1.29, 1.82) is 0 Å². The summed E-state index contributed by atoms with van der Waals surface area (Å²) in [4.78, 5) is 7.82. The minimum absolute atomic E-state index is 0.226. The molecule has 0 fully saturated rings. The summed E-state index contributed by atoms with van der Waals surface area (Å²) in [6.07, 6.45) is 11.6. The first-order valence-electron chi connectivity index (χ1n) is 11.9. The molecule has 1 aliphatic rings. The first-order valence-corrected chi connectivity index (χ1v) is 11.9. The van der Waals surface area contributed by atoms with Crippen molar-refractivity contribution >= 4 is 0 Å². The van der Waals surface area contributed by atoms with Crippen LogP contribution in [0.4, 0.5) is 0 Å². The highest BCUT2D eigenvalue weighted by molar-refractivity contribution is 5.84. The van der Waals surface area contributed by atoms with E-state index in [2.05, 4.69) is 85.2 Å². The maximum Gasteiger partial charge on any atom is 0.136 e. The van der Waals surface area contributed by atoms with Crippen molar-refractivity contribution in [3.8, 4) is 16.9 Å². The third kappa shape index (κ3) is 4.50. The molecule has 3 aromatic rings. The predicted molar refractivity (Wildman–Crippen MR) is 140 cm³/mol. The molecule has 34 heavy (non-hydrogen) atoms. The molecule has 0 amide bonds. The topological polar surface area (TPSA) is 58.0 Å². The normalized spacial score (nSPS) is 13.2. The van der Waals surface area contributed by atoms with Gasteiger partial charge in [0, 0.05) is 10.3 Å². The molecule has 4 nitrogen and oxygen atoms in total. The summed E-state index contributed by atoms with van der Waals surface area (Å²) in [6.45, 7) is 8.09. The van der Waals surface area contributed by atoms with E-state index in [0.29, 0.717) is 5.75 Å². The van der Waals surface area contributed by atoms with Crippen LogP contribution in [0.2, 0.25) is 0 Å². The molecule has 0 heterocycles. The lowest BCUT2D eigenvalue weighted by atomic mass is 9.68. The van der Waals surface area contributed by atoms with Gasteiger partial charge in [-0.25, -0.2) is 0 Å². The van der Waals surface area contributed by atoms with Crippen LogP contribution in [-0.4, -0.2) is 0 Å². The largest absolute Gasteiger partial charge is 0.394 e. The quantitative estimate of drug-likeness (QED) is 0.0761. The van der Waals surface area contributed by atoms with Crippen molar-refractivity contribution in [2.75, 3.05) is 0 Å². The Morgan fingerprint density at radius 1 is 0.912 bits per heavy atom. The molecule has 3 aromatic carbocycles. The van der Waals surface area contributed by atoms with Crippen molar-refractivity contribution in [1.82, 2.24) is 0 Å². The van der Waals surface area contributed by atoms with Crippen LogP contribution in [0.25, 0.3) is 21.6 Å². The molecular weight excluding hydrogens is 418 g/mol. The Morgan fingerprint density at radius 2 is 1.56 bits per heavy atom. The number of rotatable bonds is 10. The van der Waals surface area contributed by atoms with Gasteiger partial charge in [0.05, 0.1) is 0 Å². The molecule has 0 bridgehead atoms. The second kappa shape index (κ2) is 10.5. The summed E-state index contributed by atoms with van der Waals surface area (Å²) in [7, 11) is 0. The Bertz CT molecular complexity index is 1200. The summed E-state index contributed by atoms with van der Waals surface area (Å²) in [6, 6.07) is 21.7. The first kappa shape index (κ1) is 23.4. The minimum atomic E-state index is -0.226. The second-order valence-electron chi connectivity index (χ2n) is 9.05. The average molecular weight is 450 g/mol. The Kier molecular flexibility index (Phi) is 7.20. The van der Waals surface area contributed by atoms with E-state index in [4.69, 9.17) is 10.4 Å². The van der Waals surface area contributed by atoms with E-state index in [1.165, 1.54) is 51.8 Å². The lowest BCUT2D eigenvalue weighted by Gasteiger charge is -2.34. The Morgan fingerprint density at radius 3 is 2.15 bits per heavy atom. The van der Waals surface area contributed by atoms with Crippen molar-refractivity contribution in [3.63, 3.8) is 0 Å². The van der Waals surface area contributed by atoms with Gasteiger partial charge in [-0.05, 0) is 78.6 Å². The van der Waals surface area contributed by atoms with Gasteiger partial charge in [0.1, 0.15) is 11.0 Å². The molecule has 0 spiro atoms. The van der Waals surface area contributed by atoms with E-state index >= 15 is 0 Å². The highest BCUT2D eigenvalue weighted by atomic mass is 16.6. The number of hydrogen-bond acceptors (Lipinski definition) is 2. The van der Waals surface area contributed by atoms with Gasteiger partial charge in [-0.2, -0.15) is 0 Å². The van der Waals surface area contributed by atoms with E-state index in [-0.39, 0.29) is 5.41 Å². The predicted octanol–water partition coefficient (Wildman–Crippen LogP) is 8.92. The van der Waals surface area contributed by atoms with Gasteiger partial charge in [0.2, 0.25) is 0 Å². The molecular formula is C30H31N3O. The minimum Gasteiger partial charge on any atom is -0.394 e. The van der Waals surface area contributed by atoms with Crippen molar-refractivity contribution in [2.24, 2.45) is 5.28 Å². The summed E-state index contributed by atoms with van der Waals surface area (Å²) in [5.74, 6) is 0.539. The zero-order chi connectivity index (χ0) is 24.0.